The summed E-state index contributed by atoms with van der Waals surface area (Å²) >= 11 is 1.60. The highest BCUT2D eigenvalue weighted by molar-refractivity contribution is 7.16. The van der Waals surface area contributed by atoms with Crippen molar-refractivity contribution in [1.29, 1.82) is 0 Å². The van der Waals surface area contributed by atoms with Crippen molar-refractivity contribution < 1.29 is 4.74 Å². The van der Waals surface area contributed by atoms with Crippen LogP contribution in [0.25, 0.3) is 10.2 Å². The average Bonchev–Trinajstić information content (AvgIpc) is 2.89. The van der Waals surface area contributed by atoms with E-state index in [0.29, 0.717) is 5.82 Å². The van der Waals surface area contributed by atoms with Crippen LogP contribution in [0.1, 0.15) is 38.4 Å². The van der Waals surface area contributed by atoms with Gasteiger partial charge in [0.1, 0.15) is 16.2 Å². The summed E-state index contributed by atoms with van der Waals surface area (Å²) < 4.78 is 5.82. The van der Waals surface area contributed by atoms with Crippen molar-refractivity contribution in [3.8, 4) is 0 Å². The minimum atomic E-state index is -0.348. The molecule has 0 aliphatic heterocycles. The van der Waals surface area contributed by atoms with E-state index < -0.39 is 0 Å². The van der Waals surface area contributed by atoms with Gasteiger partial charge in [-0.25, -0.2) is 9.97 Å². The van der Waals surface area contributed by atoms with Gasteiger partial charge >= 0.3 is 0 Å². The molecule has 0 saturated heterocycles. The maximum atomic E-state index is 6.05. The third kappa shape index (κ3) is 2.11. The van der Waals surface area contributed by atoms with Crippen LogP contribution in [0.5, 0.6) is 0 Å². The zero-order valence-corrected chi connectivity index (χ0v) is 12.2. The molecular weight excluding hydrogens is 258 g/mol. The van der Waals surface area contributed by atoms with E-state index in [-0.39, 0.29) is 5.60 Å². The molecule has 19 heavy (non-hydrogen) atoms. The van der Waals surface area contributed by atoms with Gasteiger partial charge in [0, 0.05) is 7.11 Å². The molecule has 0 unspecified atom stereocenters. The Balaban J connectivity index is 2.06. The lowest BCUT2D eigenvalue weighted by molar-refractivity contribution is -0.0593. The van der Waals surface area contributed by atoms with Crippen LogP contribution >= 0.6 is 11.3 Å². The van der Waals surface area contributed by atoms with Crippen molar-refractivity contribution in [3.05, 3.63) is 17.3 Å². The number of thiophene rings is 1. The number of aromatic nitrogens is 2. The second kappa shape index (κ2) is 4.72. The van der Waals surface area contributed by atoms with Crippen LogP contribution in [0.2, 0.25) is 0 Å². The predicted molar refractivity (Wildman–Crippen MR) is 78.1 cm³/mol. The highest BCUT2D eigenvalue weighted by atomic mass is 32.1. The van der Waals surface area contributed by atoms with Crippen molar-refractivity contribution in [1.82, 2.24) is 9.97 Å². The maximum absolute atomic E-state index is 6.05. The number of fused-ring (bicyclic) bond motifs is 1. The van der Waals surface area contributed by atoms with Gasteiger partial charge < -0.3 is 10.5 Å². The molecule has 102 valence electrons. The van der Waals surface area contributed by atoms with E-state index in [4.69, 9.17) is 15.5 Å². The number of methoxy groups -OCH3 is 1. The molecule has 0 amide bonds. The second-order valence-corrected chi connectivity index (χ2v) is 6.35. The first-order valence-corrected chi connectivity index (χ1v) is 7.59. The van der Waals surface area contributed by atoms with E-state index in [0.717, 1.165) is 47.6 Å². The summed E-state index contributed by atoms with van der Waals surface area (Å²) in [4.78, 5) is 10.2. The third-order valence-electron chi connectivity index (χ3n) is 4.23. The number of nitrogen functional groups attached to an aromatic ring is 1. The van der Waals surface area contributed by atoms with E-state index in [1.165, 1.54) is 0 Å². The van der Waals surface area contributed by atoms with Crippen LogP contribution in [-0.2, 0) is 10.3 Å². The van der Waals surface area contributed by atoms with Gasteiger partial charge in [-0.15, -0.1) is 11.3 Å². The standard InChI is InChI=1S/C14H19N3OS/c1-9-3-6-14(18-2,7-4-9)13-16-11(15)10-5-8-19-12(10)17-13/h5,8-9H,3-4,6-7H2,1-2H3,(H2,15,16,17). The van der Waals surface area contributed by atoms with Crippen molar-refractivity contribution in [2.75, 3.05) is 12.8 Å². The fourth-order valence-corrected chi connectivity index (χ4v) is 3.60. The van der Waals surface area contributed by atoms with E-state index in [9.17, 15) is 0 Å². The van der Waals surface area contributed by atoms with Gasteiger partial charge in [0.2, 0.25) is 0 Å². The number of hydrogen-bond acceptors (Lipinski definition) is 5. The molecule has 2 heterocycles. The minimum absolute atomic E-state index is 0.348. The molecule has 2 aromatic rings. The number of hydrogen-bond donors (Lipinski definition) is 1. The number of anilines is 1. The highest BCUT2D eigenvalue weighted by Crippen LogP contribution is 2.41. The Morgan fingerprint density at radius 2 is 2.11 bits per heavy atom. The molecule has 1 fully saturated rings. The Bertz CT molecular complexity index is 587. The summed E-state index contributed by atoms with van der Waals surface area (Å²) in [5.41, 5.74) is 5.70. The molecule has 4 nitrogen and oxygen atoms in total. The molecule has 1 aliphatic carbocycles. The van der Waals surface area contributed by atoms with E-state index in [2.05, 4.69) is 11.9 Å². The first kappa shape index (κ1) is 12.8. The number of nitrogens with zero attached hydrogens (tertiary/aromatic N) is 2. The van der Waals surface area contributed by atoms with Crippen molar-refractivity contribution in [2.24, 2.45) is 5.92 Å². The van der Waals surface area contributed by atoms with Crippen LogP contribution < -0.4 is 5.73 Å². The molecule has 3 rings (SSSR count). The summed E-state index contributed by atoms with van der Waals surface area (Å²) in [6.45, 7) is 2.29. The molecule has 0 spiro atoms. The first-order valence-electron chi connectivity index (χ1n) is 6.71. The second-order valence-electron chi connectivity index (χ2n) is 5.45. The van der Waals surface area contributed by atoms with Crippen LogP contribution in [0, 0.1) is 5.92 Å². The first-order chi connectivity index (χ1) is 9.14. The molecule has 2 aromatic heterocycles. The highest BCUT2D eigenvalue weighted by Gasteiger charge is 2.39. The van der Waals surface area contributed by atoms with Crippen LogP contribution in [-0.4, -0.2) is 17.1 Å². The van der Waals surface area contributed by atoms with Gasteiger partial charge in [-0.05, 0) is 43.0 Å². The predicted octanol–water partition coefficient (Wildman–Crippen LogP) is 3.33. The molecule has 2 N–H and O–H groups in total. The Labute approximate surface area is 117 Å². The maximum Gasteiger partial charge on any atom is 0.164 e. The molecule has 0 aromatic carbocycles. The lowest BCUT2D eigenvalue weighted by Crippen LogP contribution is -2.35. The normalized spacial score (nSPS) is 27.8. The average molecular weight is 277 g/mol. The number of nitrogens with two attached hydrogens (primary N) is 1. The Morgan fingerprint density at radius 1 is 1.37 bits per heavy atom. The lowest BCUT2D eigenvalue weighted by atomic mass is 9.79. The summed E-state index contributed by atoms with van der Waals surface area (Å²) in [5.74, 6) is 2.08. The molecule has 0 bridgehead atoms. The smallest absolute Gasteiger partial charge is 0.164 e. The fourth-order valence-electron chi connectivity index (χ4n) is 2.83. The van der Waals surface area contributed by atoms with E-state index in [1.54, 1.807) is 18.4 Å². The molecule has 1 aliphatic rings. The molecule has 0 atom stereocenters. The summed E-state index contributed by atoms with van der Waals surface area (Å²) in [6, 6.07) is 1.97. The molecule has 1 saturated carbocycles. The third-order valence-corrected chi connectivity index (χ3v) is 5.04. The van der Waals surface area contributed by atoms with Crippen LogP contribution in [0.3, 0.4) is 0 Å². The zero-order chi connectivity index (χ0) is 13.5. The number of rotatable bonds is 2. The molecule has 5 heteroatoms. The van der Waals surface area contributed by atoms with Gasteiger partial charge in [-0.1, -0.05) is 6.92 Å². The number of ether oxygens (including phenoxy) is 1. The Hall–Kier alpha value is -1.20. The SMILES string of the molecule is COC1(c2nc(N)c3ccsc3n2)CCC(C)CC1. The van der Waals surface area contributed by atoms with Gasteiger partial charge in [0.15, 0.2) is 5.82 Å². The zero-order valence-electron chi connectivity index (χ0n) is 11.3. The van der Waals surface area contributed by atoms with E-state index >= 15 is 0 Å². The van der Waals surface area contributed by atoms with Gasteiger partial charge in [0.25, 0.3) is 0 Å². The Morgan fingerprint density at radius 3 is 2.79 bits per heavy atom. The molecule has 0 radical (unpaired) electrons. The van der Waals surface area contributed by atoms with Crippen molar-refractivity contribution in [3.63, 3.8) is 0 Å². The van der Waals surface area contributed by atoms with Gasteiger partial charge in [-0.3, -0.25) is 0 Å². The van der Waals surface area contributed by atoms with Crippen molar-refractivity contribution in [2.45, 2.75) is 38.2 Å². The Kier molecular flexibility index (Phi) is 3.19. The fraction of sp³-hybridized carbons (Fsp3) is 0.571. The van der Waals surface area contributed by atoms with Crippen LogP contribution in [0.4, 0.5) is 5.82 Å². The largest absolute Gasteiger partial charge is 0.383 e. The van der Waals surface area contributed by atoms with E-state index in [1.807, 2.05) is 11.4 Å². The minimum Gasteiger partial charge on any atom is -0.383 e. The summed E-state index contributed by atoms with van der Waals surface area (Å²) in [5, 5.41) is 2.95. The topological polar surface area (TPSA) is 61.0 Å². The van der Waals surface area contributed by atoms with Crippen molar-refractivity contribution >= 4 is 27.4 Å². The van der Waals surface area contributed by atoms with Gasteiger partial charge in [-0.2, -0.15) is 0 Å². The van der Waals surface area contributed by atoms with Crippen LogP contribution in [0.15, 0.2) is 11.4 Å². The molecular formula is C14H19N3OS. The van der Waals surface area contributed by atoms with Gasteiger partial charge in [0.05, 0.1) is 5.39 Å². The quantitative estimate of drug-likeness (QED) is 0.914. The lowest BCUT2D eigenvalue weighted by Gasteiger charge is -2.36. The summed E-state index contributed by atoms with van der Waals surface area (Å²) in [6.07, 6.45) is 4.25. The monoisotopic (exact) mass is 277 g/mol. The summed E-state index contributed by atoms with van der Waals surface area (Å²) in [7, 11) is 1.76.